The van der Waals surface area contributed by atoms with Gasteiger partial charge in [0.2, 0.25) is 0 Å². The highest BCUT2D eigenvalue weighted by Gasteiger charge is 2.13. The van der Waals surface area contributed by atoms with Crippen LogP contribution in [0.25, 0.3) is 0 Å². The van der Waals surface area contributed by atoms with E-state index in [0.29, 0.717) is 25.3 Å². The van der Waals surface area contributed by atoms with Crippen molar-refractivity contribution in [2.45, 2.75) is 6.42 Å². The standard InChI is InChI=1S/C17H17FN2O/c18-15-7-3-1-5-13(15)9-10-21-17-8-4-2-6-14(17)16-11-19-12-20-16/h1-8,19H,9-12H2. The molecule has 0 saturated heterocycles. The predicted octanol–water partition coefficient (Wildman–Crippen LogP) is 2.80. The van der Waals surface area contributed by atoms with E-state index in [1.807, 2.05) is 30.3 Å². The average molecular weight is 284 g/mol. The largest absolute Gasteiger partial charge is 0.493 e. The highest BCUT2D eigenvalue weighted by atomic mass is 19.1. The van der Waals surface area contributed by atoms with E-state index < -0.39 is 0 Å². The van der Waals surface area contributed by atoms with Gasteiger partial charge in [0.05, 0.1) is 19.0 Å². The number of nitrogens with zero attached hydrogens (tertiary/aromatic N) is 1. The van der Waals surface area contributed by atoms with E-state index in [1.165, 1.54) is 6.07 Å². The lowest BCUT2D eigenvalue weighted by atomic mass is 10.1. The van der Waals surface area contributed by atoms with Gasteiger partial charge in [0.1, 0.15) is 11.6 Å². The fourth-order valence-corrected chi connectivity index (χ4v) is 2.36. The zero-order valence-electron chi connectivity index (χ0n) is 11.7. The third-order valence-corrected chi connectivity index (χ3v) is 3.46. The fraction of sp³-hybridized carbons (Fsp3) is 0.235. The van der Waals surface area contributed by atoms with Gasteiger partial charge in [0, 0.05) is 18.5 Å². The molecule has 0 aromatic heterocycles. The van der Waals surface area contributed by atoms with Gasteiger partial charge >= 0.3 is 0 Å². The molecule has 0 fully saturated rings. The second-order valence-electron chi connectivity index (χ2n) is 4.88. The molecule has 4 heteroatoms. The number of ether oxygens (including phenoxy) is 1. The zero-order valence-corrected chi connectivity index (χ0v) is 11.7. The summed E-state index contributed by atoms with van der Waals surface area (Å²) in [7, 11) is 0. The lowest BCUT2D eigenvalue weighted by molar-refractivity contribution is 0.319. The Kier molecular flexibility index (Phi) is 4.26. The molecule has 108 valence electrons. The Morgan fingerprint density at radius 1 is 1.10 bits per heavy atom. The Balaban J connectivity index is 1.67. The van der Waals surface area contributed by atoms with Crippen molar-refractivity contribution in [3.63, 3.8) is 0 Å². The van der Waals surface area contributed by atoms with Crippen LogP contribution in [0, 0.1) is 5.82 Å². The molecular weight excluding hydrogens is 267 g/mol. The van der Waals surface area contributed by atoms with Crippen LogP contribution in [0.4, 0.5) is 4.39 Å². The van der Waals surface area contributed by atoms with Crippen LogP contribution in [0.2, 0.25) is 0 Å². The summed E-state index contributed by atoms with van der Waals surface area (Å²) in [5.41, 5.74) is 2.70. The molecule has 3 nitrogen and oxygen atoms in total. The Morgan fingerprint density at radius 3 is 2.71 bits per heavy atom. The topological polar surface area (TPSA) is 33.6 Å². The summed E-state index contributed by atoms with van der Waals surface area (Å²) in [5.74, 6) is 0.620. The first-order chi connectivity index (χ1) is 10.3. The summed E-state index contributed by atoms with van der Waals surface area (Å²) in [6.45, 7) is 1.85. The summed E-state index contributed by atoms with van der Waals surface area (Å²) in [6, 6.07) is 14.6. The smallest absolute Gasteiger partial charge is 0.128 e. The monoisotopic (exact) mass is 284 g/mol. The second-order valence-corrected chi connectivity index (χ2v) is 4.88. The summed E-state index contributed by atoms with van der Waals surface area (Å²) in [6.07, 6.45) is 0.547. The maximum absolute atomic E-state index is 13.6. The van der Waals surface area contributed by atoms with Gasteiger partial charge in [-0.05, 0) is 23.8 Å². The molecule has 0 amide bonds. The number of benzene rings is 2. The lowest BCUT2D eigenvalue weighted by Crippen LogP contribution is -2.15. The van der Waals surface area contributed by atoms with Crippen LogP contribution in [0.3, 0.4) is 0 Å². The number of halogens is 1. The highest BCUT2D eigenvalue weighted by Crippen LogP contribution is 2.20. The van der Waals surface area contributed by atoms with Crippen molar-refractivity contribution < 1.29 is 9.13 Å². The number of aliphatic imine (C=N–C) groups is 1. The van der Waals surface area contributed by atoms with E-state index in [-0.39, 0.29) is 5.82 Å². The number of para-hydroxylation sites is 1. The van der Waals surface area contributed by atoms with Gasteiger partial charge in [-0.3, -0.25) is 10.3 Å². The third kappa shape index (κ3) is 3.28. The van der Waals surface area contributed by atoms with Gasteiger partial charge in [0.25, 0.3) is 0 Å². The van der Waals surface area contributed by atoms with Crippen molar-refractivity contribution in [2.24, 2.45) is 4.99 Å². The fourth-order valence-electron chi connectivity index (χ4n) is 2.36. The van der Waals surface area contributed by atoms with Crippen molar-refractivity contribution in [2.75, 3.05) is 19.8 Å². The number of hydrogen-bond acceptors (Lipinski definition) is 3. The summed E-state index contributed by atoms with van der Waals surface area (Å²) < 4.78 is 19.4. The van der Waals surface area contributed by atoms with Gasteiger partial charge in [-0.1, -0.05) is 30.3 Å². The average Bonchev–Trinajstić information content (AvgIpc) is 3.04. The van der Waals surface area contributed by atoms with E-state index >= 15 is 0 Å². The molecule has 0 unspecified atom stereocenters. The normalized spacial score (nSPS) is 14.0. The molecule has 1 heterocycles. The SMILES string of the molecule is Fc1ccccc1CCOc1ccccc1C1=NCNC1. The van der Waals surface area contributed by atoms with Crippen LogP contribution < -0.4 is 10.1 Å². The first-order valence-electron chi connectivity index (χ1n) is 7.04. The minimum absolute atomic E-state index is 0.182. The Hall–Kier alpha value is -2.20. The van der Waals surface area contributed by atoms with Crippen molar-refractivity contribution in [3.05, 3.63) is 65.5 Å². The van der Waals surface area contributed by atoms with Crippen LogP contribution in [0.5, 0.6) is 5.75 Å². The molecule has 0 aliphatic carbocycles. The number of nitrogens with one attached hydrogen (secondary N) is 1. The molecule has 0 saturated carbocycles. The van der Waals surface area contributed by atoms with Crippen molar-refractivity contribution >= 4 is 5.71 Å². The lowest BCUT2D eigenvalue weighted by Gasteiger charge is -2.11. The van der Waals surface area contributed by atoms with Crippen molar-refractivity contribution in [1.82, 2.24) is 5.32 Å². The van der Waals surface area contributed by atoms with Crippen LogP contribution >= 0.6 is 0 Å². The molecule has 1 N–H and O–H groups in total. The molecular formula is C17H17FN2O. The van der Waals surface area contributed by atoms with E-state index in [0.717, 1.165) is 23.6 Å². The maximum Gasteiger partial charge on any atom is 0.128 e. The van der Waals surface area contributed by atoms with E-state index in [4.69, 9.17) is 4.74 Å². The Bertz CT molecular complexity index is 655. The first kappa shape index (κ1) is 13.8. The van der Waals surface area contributed by atoms with Gasteiger partial charge in [-0.15, -0.1) is 0 Å². The summed E-state index contributed by atoms with van der Waals surface area (Å²) in [5, 5.41) is 3.18. The minimum Gasteiger partial charge on any atom is -0.493 e. The third-order valence-electron chi connectivity index (χ3n) is 3.46. The van der Waals surface area contributed by atoms with Crippen molar-refractivity contribution in [1.29, 1.82) is 0 Å². The van der Waals surface area contributed by atoms with Gasteiger partial charge in [-0.2, -0.15) is 0 Å². The molecule has 1 aliphatic rings. The molecule has 1 aliphatic heterocycles. The molecule has 3 rings (SSSR count). The van der Waals surface area contributed by atoms with Crippen LogP contribution in [-0.2, 0) is 6.42 Å². The zero-order chi connectivity index (χ0) is 14.5. The first-order valence-corrected chi connectivity index (χ1v) is 7.04. The van der Waals surface area contributed by atoms with Gasteiger partial charge in [0.15, 0.2) is 0 Å². The predicted molar refractivity (Wildman–Crippen MR) is 81.4 cm³/mol. The molecule has 2 aromatic carbocycles. The number of rotatable bonds is 5. The Morgan fingerprint density at radius 2 is 1.90 bits per heavy atom. The molecule has 0 spiro atoms. The van der Waals surface area contributed by atoms with Crippen LogP contribution in [0.1, 0.15) is 11.1 Å². The van der Waals surface area contributed by atoms with E-state index in [1.54, 1.807) is 12.1 Å². The second kappa shape index (κ2) is 6.50. The maximum atomic E-state index is 13.6. The van der Waals surface area contributed by atoms with Gasteiger partial charge in [-0.25, -0.2) is 4.39 Å². The molecule has 21 heavy (non-hydrogen) atoms. The molecule has 0 bridgehead atoms. The number of hydrogen-bond donors (Lipinski definition) is 1. The minimum atomic E-state index is -0.182. The Labute approximate surface area is 123 Å². The summed E-state index contributed by atoms with van der Waals surface area (Å²) in [4.78, 5) is 4.41. The van der Waals surface area contributed by atoms with E-state index in [9.17, 15) is 4.39 Å². The molecule has 0 atom stereocenters. The van der Waals surface area contributed by atoms with Crippen LogP contribution in [0.15, 0.2) is 53.5 Å². The summed E-state index contributed by atoms with van der Waals surface area (Å²) >= 11 is 0. The molecule has 0 radical (unpaired) electrons. The van der Waals surface area contributed by atoms with Gasteiger partial charge < -0.3 is 4.74 Å². The van der Waals surface area contributed by atoms with Crippen molar-refractivity contribution in [3.8, 4) is 5.75 Å². The van der Waals surface area contributed by atoms with E-state index in [2.05, 4.69) is 10.3 Å². The molecule has 2 aromatic rings. The quantitative estimate of drug-likeness (QED) is 0.916. The highest BCUT2D eigenvalue weighted by molar-refractivity contribution is 6.05. The van der Waals surface area contributed by atoms with Crippen LogP contribution in [-0.4, -0.2) is 25.5 Å².